The number of benzene rings is 1. The van der Waals surface area contributed by atoms with Crippen LogP contribution in [0.3, 0.4) is 0 Å². The lowest BCUT2D eigenvalue weighted by Crippen LogP contribution is -2.17. The van der Waals surface area contributed by atoms with Gasteiger partial charge in [0, 0.05) is 5.56 Å². The van der Waals surface area contributed by atoms with Crippen molar-refractivity contribution < 1.29 is 9.47 Å². The largest absolute Gasteiger partial charge is 0.497 e. The Balaban J connectivity index is 2.38. The number of nitrogens with zero attached hydrogens (tertiary/aromatic N) is 1. The Kier molecular flexibility index (Phi) is 2.62. The lowest BCUT2D eigenvalue weighted by atomic mass is 10.1. The molecule has 0 fully saturated rings. The Morgan fingerprint density at radius 1 is 1.31 bits per heavy atom. The zero-order valence-electron chi connectivity index (χ0n) is 10.2. The molecule has 0 radical (unpaired) electrons. The Hall–Kier alpha value is -1.51. The van der Waals surface area contributed by atoms with Crippen LogP contribution < -0.4 is 4.74 Å². The lowest BCUT2D eigenvalue weighted by molar-refractivity contribution is 0.279. The first-order valence-corrected chi connectivity index (χ1v) is 5.39. The summed E-state index contributed by atoms with van der Waals surface area (Å²) >= 11 is 0. The second kappa shape index (κ2) is 3.81. The molecule has 0 aliphatic carbocycles. The molecule has 0 unspecified atom stereocenters. The van der Waals surface area contributed by atoms with Crippen molar-refractivity contribution in [1.82, 2.24) is 0 Å². The van der Waals surface area contributed by atoms with Crippen LogP contribution in [0.15, 0.2) is 23.2 Å². The van der Waals surface area contributed by atoms with Gasteiger partial charge in [0.05, 0.1) is 12.6 Å². The fourth-order valence-corrected chi connectivity index (χ4v) is 1.72. The number of rotatable bonds is 2. The van der Waals surface area contributed by atoms with E-state index in [1.165, 1.54) is 0 Å². The number of aliphatic imine (C=N–C) groups is 1. The Bertz CT molecular complexity index is 436. The molecular weight excluding hydrogens is 202 g/mol. The van der Waals surface area contributed by atoms with Gasteiger partial charge in [-0.05, 0) is 44.5 Å². The summed E-state index contributed by atoms with van der Waals surface area (Å²) in [6, 6.07) is 6.00. The normalized spacial score (nSPS) is 17.9. The van der Waals surface area contributed by atoms with Crippen LogP contribution >= 0.6 is 0 Å². The zero-order chi connectivity index (χ0) is 11.8. The summed E-state index contributed by atoms with van der Waals surface area (Å²) < 4.78 is 10.8. The maximum Gasteiger partial charge on any atom is 0.216 e. The summed E-state index contributed by atoms with van der Waals surface area (Å²) in [6.45, 7) is 6.80. The van der Waals surface area contributed by atoms with Gasteiger partial charge in [-0.15, -0.1) is 0 Å². The highest BCUT2D eigenvalue weighted by molar-refractivity contribution is 5.96. The van der Waals surface area contributed by atoms with E-state index in [1.807, 2.05) is 19.1 Å². The summed E-state index contributed by atoms with van der Waals surface area (Å²) in [7, 11) is 1.67. The molecular formula is C13H17NO2. The highest BCUT2D eigenvalue weighted by Gasteiger charge is 2.27. The van der Waals surface area contributed by atoms with Crippen molar-refractivity contribution in [2.45, 2.75) is 26.3 Å². The van der Waals surface area contributed by atoms with E-state index in [0.29, 0.717) is 12.5 Å². The van der Waals surface area contributed by atoms with Gasteiger partial charge in [0.1, 0.15) is 12.4 Å². The molecule has 0 aromatic heterocycles. The SMILES string of the molecule is COc1cc(C)cc(C2=NC(C)(C)CO2)c1. The molecule has 0 N–H and O–H groups in total. The van der Waals surface area contributed by atoms with E-state index < -0.39 is 0 Å². The van der Waals surface area contributed by atoms with Crippen LogP contribution in [-0.4, -0.2) is 25.2 Å². The smallest absolute Gasteiger partial charge is 0.216 e. The third-order valence-corrected chi connectivity index (χ3v) is 2.50. The second-order valence-electron chi connectivity index (χ2n) is 4.76. The van der Waals surface area contributed by atoms with E-state index in [0.717, 1.165) is 16.9 Å². The topological polar surface area (TPSA) is 30.8 Å². The van der Waals surface area contributed by atoms with Crippen molar-refractivity contribution in [3.05, 3.63) is 29.3 Å². The molecule has 0 amide bonds. The molecule has 0 atom stereocenters. The van der Waals surface area contributed by atoms with Crippen LogP contribution in [0.5, 0.6) is 5.75 Å². The molecule has 3 heteroatoms. The Morgan fingerprint density at radius 3 is 2.62 bits per heavy atom. The van der Waals surface area contributed by atoms with Gasteiger partial charge in [-0.1, -0.05) is 0 Å². The fourth-order valence-electron chi connectivity index (χ4n) is 1.72. The first-order valence-electron chi connectivity index (χ1n) is 5.39. The van der Waals surface area contributed by atoms with Crippen LogP contribution in [0.2, 0.25) is 0 Å². The zero-order valence-corrected chi connectivity index (χ0v) is 10.2. The van der Waals surface area contributed by atoms with E-state index in [-0.39, 0.29) is 5.54 Å². The van der Waals surface area contributed by atoms with Gasteiger partial charge in [-0.3, -0.25) is 0 Å². The van der Waals surface area contributed by atoms with E-state index in [4.69, 9.17) is 9.47 Å². The summed E-state index contributed by atoms with van der Waals surface area (Å²) in [6.07, 6.45) is 0. The monoisotopic (exact) mass is 219 g/mol. The molecule has 2 rings (SSSR count). The average molecular weight is 219 g/mol. The average Bonchev–Trinajstić information content (AvgIpc) is 2.58. The third kappa shape index (κ3) is 2.18. The predicted octanol–water partition coefficient (Wildman–Crippen LogP) is 2.56. The van der Waals surface area contributed by atoms with Crippen LogP contribution in [0.4, 0.5) is 0 Å². The van der Waals surface area contributed by atoms with Crippen molar-refractivity contribution in [3.63, 3.8) is 0 Å². The maximum atomic E-state index is 5.60. The minimum Gasteiger partial charge on any atom is -0.497 e. The standard InChI is InChI=1S/C13H17NO2/c1-9-5-10(7-11(6-9)15-4)12-14-13(2,3)8-16-12/h5-7H,8H2,1-4H3. The predicted molar refractivity (Wildman–Crippen MR) is 64.3 cm³/mol. The van der Waals surface area contributed by atoms with Gasteiger partial charge in [-0.2, -0.15) is 0 Å². The molecule has 1 aliphatic heterocycles. The van der Waals surface area contributed by atoms with Crippen molar-refractivity contribution in [3.8, 4) is 5.75 Å². The minimum absolute atomic E-state index is 0.119. The number of methoxy groups -OCH3 is 1. The molecule has 3 nitrogen and oxygen atoms in total. The molecule has 1 heterocycles. The molecule has 1 aromatic carbocycles. The molecule has 0 saturated heterocycles. The van der Waals surface area contributed by atoms with Gasteiger partial charge in [-0.25, -0.2) is 4.99 Å². The number of hydrogen-bond acceptors (Lipinski definition) is 3. The van der Waals surface area contributed by atoms with Gasteiger partial charge >= 0.3 is 0 Å². The van der Waals surface area contributed by atoms with Crippen LogP contribution in [0.25, 0.3) is 0 Å². The molecule has 0 spiro atoms. The van der Waals surface area contributed by atoms with Crippen molar-refractivity contribution in [1.29, 1.82) is 0 Å². The Labute approximate surface area is 96.1 Å². The number of hydrogen-bond donors (Lipinski definition) is 0. The minimum atomic E-state index is -0.119. The van der Waals surface area contributed by atoms with Gasteiger partial charge < -0.3 is 9.47 Å². The van der Waals surface area contributed by atoms with E-state index >= 15 is 0 Å². The lowest BCUT2D eigenvalue weighted by Gasteiger charge is -2.07. The molecule has 0 saturated carbocycles. The molecule has 1 aromatic rings. The van der Waals surface area contributed by atoms with Gasteiger partial charge in [0.15, 0.2) is 0 Å². The molecule has 1 aliphatic rings. The molecule has 0 bridgehead atoms. The van der Waals surface area contributed by atoms with E-state index in [1.54, 1.807) is 7.11 Å². The van der Waals surface area contributed by atoms with Crippen molar-refractivity contribution >= 4 is 5.90 Å². The summed E-state index contributed by atoms with van der Waals surface area (Å²) in [5.41, 5.74) is 2.01. The van der Waals surface area contributed by atoms with Crippen LogP contribution in [0, 0.1) is 6.92 Å². The van der Waals surface area contributed by atoms with E-state index in [2.05, 4.69) is 24.9 Å². The molecule has 16 heavy (non-hydrogen) atoms. The van der Waals surface area contributed by atoms with E-state index in [9.17, 15) is 0 Å². The van der Waals surface area contributed by atoms with Crippen LogP contribution in [-0.2, 0) is 4.74 Å². The highest BCUT2D eigenvalue weighted by Crippen LogP contribution is 2.23. The summed E-state index contributed by atoms with van der Waals surface area (Å²) in [5.74, 6) is 1.55. The van der Waals surface area contributed by atoms with Crippen LogP contribution in [0.1, 0.15) is 25.0 Å². The summed E-state index contributed by atoms with van der Waals surface area (Å²) in [5, 5.41) is 0. The number of aryl methyl sites for hydroxylation is 1. The maximum absolute atomic E-state index is 5.60. The Morgan fingerprint density at radius 2 is 2.06 bits per heavy atom. The van der Waals surface area contributed by atoms with Gasteiger partial charge in [0.25, 0.3) is 0 Å². The second-order valence-corrected chi connectivity index (χ2v) is 4.76. The van der Waals surface area contributed by atoms with Gasteiger partial charge in [0.2, 0.25) is 5.90 Å². The molecule has 86 valence electrons. The van der Waals surface area contributed by atoms with Crippen molar-refractivity contribution in [2.24, 2.45) is 4.99 Å². The summed E-state index contributed by atoms with van der Waals surface area (Å²) in [4.78, 5) is 4.55. The highest BCUT2D eigenvalue weighted by atomic mass is 16.5. The fraction of sp³-hybridized carbons (Fsp3) is 0.462. The first kappa shape index (κ1) is 11.0. The van der Waals surface area contributed by atoms with Crippen molar-refractivity contribution in [2.75, 3.05) is 13.7 Å². The first-order chi connectivity index (χ1) is 7.50. The third-order valence-electron chi connectivity index (χ3n) is 2.50. The number of ether oxygens (including phenoxy) is 2. The quantitative estimate of drug-likeness (QED) is 0.765.